The van der Waals surface area contributed by atoms with E-state index in [9.17, 15) is 4.79 Å². The summed E-state index contributed by atoms with van der Waals surface area (Å²) in [4.78, 5) is 22.7. The summed E-state index contributed by atoms with van der Waals surface area (Å²) in [6.45, 7) is 1.27. The van der Waals surface area contributed by atoms with Crippen LogP contribution in [-0.2, 0) is 36.0 Å². The van der Waals surface area contributed by atoms with Gasteiger partial charge in [-0.1, -0.05) is 30.3 Å². The van der Waals surface area contributed by atoms with E-state index >= 15 is 0 Å². The molecule has 0 fully saturated rings. The number of carboxylic acid groups (broad SMARTS) is 1. The van der Waals surface area contributed by atoms with E-state index in [-0.39, 0.29) is 18.9 Å². The van der Waals surface area contributed by atoms with Gasteiger partial charge >= 0.3 is 0 Å². The molecule has 3 heterocycles. The Hall–Kier alpha value is -3.56. The van der Waals surface area contributed by atoms with Crippen molar-refractivity contribution in [3.8, 4) is 11.3 Å². The molecule has 0 atom stereocenters. The number of hydrogen-bond acceptors (Lipinski definition) is 6. The summed E-state index contributed by atoms with van der Waals surface area (Å²) in [5, 5.41) is 22.5. The number of fused-ring (bicyclic) bond motifs is 1. The van der Waals surface area contributed by atoms with E-state index in [1.807, 2.05) is 34.8 Å². The van der Waals surface area contributed by atoms with Gasteiger partial charge in [0.2, 0.25) is 5.91 Å². The van der Waals surface area contributed by atoms with E-state index in [1.165, 1.54) is 16.6 Å². The Balaban J connectivity index is 0.000000706. The maximum Gasteiger partial charge on any atom is 0.290 e. The molecule has 146 valence electrons. The van der Waals surface area contributed by atoms with E-state index in [1.54, 1.807) is 0 Å². The minimum absolute atomic E-state index is 0.0306. The van der Waals surface area contributed by atoms with Gasteiger partial charge in [0.05, 0.1) is 11.4 Å². The Morgan fingerprint density at radius 3 is 2.61 bits per heavy atom. The lowest BCUT2D eigenvalue weighted by Crippen LogP contribution is -2.36. The molecular weight excluding hydrogens is 362 g/mol. The molecule has 0 radical (unpaired) electrons. The number of amides is 1. The topological polar surface area (TPSA) is 119 Å². The normalized spacial score (nSPS) is 13.1. The van der Waals surface area contributed by atoms with Crippen LogP contribution in [0.2, 0.25) is 0 Å². The predicted octanol–water partition coefficient (Wildman–Crippen LogP) is 0.402. The summed E-state index contributed by atoms with van der Waals surface area (Å²) < 4.78 is 3.41. The quantitative estimate of drug-likeness (QED) is 0.650. The molecule has 3 aromatic rings. The minimum atomic E-state index is -0.250. The average molecular weight is 383 g/mol. The highest BCUT2D eigenvalue weighted by Gasteiger charge is 2.24. The van der Waals surface area contributed by atoms with Crippen molar-refractivity contribution in [3.05, 3.63) is 47.9 Å². The van der Waals surface area contributed by atoms with Crippen LogP contribution in [0.15, 0.2) is 36.7 Å². The maximum absolute atomic E-state index is 12.5. The molecule has 0 unspecified atom stereocenters. The van der Waals surface area contributed by atoms with Gasteiger partial charge in [0.25, 0.3) is 6.47 Å². The minimum Gasteiger partial charge on any atom is -0.483 e. The number of aromatic nitrogens is 6. The molecule has 28 heavy (non-hydrogen) atoms. The standard InChI is InChI=1S/C17H19N7O.CH2O2/c1-22-17(13-5-3-2-4-6-13)14-7-9-23(10-8-15(14)19-22)16(25)11-24-12-18-20-21-24;2-1-3/h2-6,12H,7-11H2,1H3;1H,(H,2,3). The van der Waals surface area contributed by atoms with E-state index in [2.05, 4.69) is 27.7 Å². The number of aryl methyl sites for hydroxylation is 1. The molecule has 1 aromatic carbocycles. The van der Waals surface area contributed by atoms with E-state index in [0.717, 1.165) is 29.8 Å². The fourth-order valence-corrected chi connectivity index (χ4v) is 3.38. The molecule has 10 heteroatoms. The number of carbonyl (C=O) groups excluding carboxylic acids is 1. The molecule has 1 aliphatic heterocycles. The Labute approximate surface area is 161 Å². The van der Waals surface area contributed by atoms with Gasteiger partial charge in [-0.05, 0) is 16.8 Å². The van der Waals surface area contributed by atoms with Crippen LogP contribution in [0, 0.1) is 0 Å². The van der Waals surface area contributed by atoms with Gasteiger partial charge in [0.15, 0.2) is 0 Å². The second-order valence-corrected chi connectivity index (χ2v) is 6.26. The molecule has 2 aromatic heterocycles. The smallest absolute Gasteiger partial charge is 0.290 e. The molecule has 0 saturated heterocycles. The molecule has 4 rings (SSSR count). The van der Waals surface area contributed by atoms with E-state index in [0.29, 0.717) is 13.1 Å². The summed E-state index contributed by atoms with van der Waals surface area (Å²) in [6, 6.07) is 10.3. The van der Waals surface area contributed by atoms with Crippen molar-refractivity contribution >= 4 is 12.4 Å². The fraction of sp³-hybridized carbons (Fsp3) is 0.333. The van der Waals surface area contributed by atoms with Crippen molar-refractivity contribution in [2.24, 2.45) is 7.05 Å². The van der Waals surface area contributed by atoms with Gasteiger partial charge < -0.3 is 10.0 Å². The fourth-order valence-electron chi connectivity index (χ4n) is 3.38. The highest BCUT2D eigenvalue weighted by atomic mass is 16.3. The first kappa shape index (κ1) is 19.2. The lowest BCUT2D eigenvalue weighted by Gasteiger charge is -2.20. The van der Waals surface area contributed by atoms with Crippen LogP contribution in [-0.4, -0.2) is 65.5 Å². The molecule has 0 spiro atoms. The third kappa shape index (κ3) is 4.22. The van der Waals surface area contributed by atoms with E-state index < -0.39 is 0 Å². The number of rotatable bonds is 3. The van der Waals surface area contributed by atoms with Crippen molar-refractivity contribution in [2.75, 3.05) is 13.1 Å². The molecule has 1 amide bonds. The third-order valence-electron chi connectivity index (χ3n) is 4.57. The molecule has 1 N–H and O–H groups in total. The average Bonchev–Trinajstić information content (AvgIpc) is 3.25. The zero-order chi connectivity index (χ0) is 19.9. The first-order valence-electron chi connectivity index (χ1n) is 8.80. The summed E-state index contributed by atoms with van der Waals surface area (Å²) in [5.74, 6) is 0.0306. The highest BCUT2D eigenvalue weighted by molar-refractivity contribution is 5.76. The van der Waals surface area contributed by atoms with Crippen LogP contribution in [0.4, 0.5) is 0 Å². The van der Waals surface area contributed by atoms with Crippen LogP contribution in [0.3, 0.4) is 0 Å². The first-order chi connectivity index (χ1) is 13.6. The van der Waals surface area contributed by atoms with Crippen molar-refractivity contribution in [1.29, 1.82) is 0 Å². The Morgan fingerprint density at radius 2 is 1.93 bits per heavy atom. The van der Waals surface area contributed by atoms with Crippen LogP contribution >= 0.6 is 0 Å². The van der Waals surface area contributed by atoms with E-state index in [4.69, 9.17) is 15.0 Å². The van der Waals surface area contributed by atoms with Crippen LogP contribution < -0.4 is 0 Å². The van der Waals surface area contributed by atoms with Crippen LogP contribution in [0.5, 0.6) is 0 Å². The zero-order valence-corrected chi connectivity index (χ0v) is 15.5. The number of hydrogen-bond donors (Lipinski definition) is 1. The molecule has 1 aliphatic rings. The zero-order valence-electron chi connectivity index (χ0n) is 15.5. The van der Waals surface area contributed by atoms with Crippen molar-refractivity contribution in [2.45, 2.75) is 19.4 Å². The van der Waals surface area contributed by atoms with Gasteiger partial charge in [-0.2, -0.15) is 5.10 Å². The highest BCUT2D eigenvalue weighted by Crippen LogP contribution is 2.28. The lowest BCUT2D eigenvalue weighted by molar-refractivity contribution is -0.132. The Bertz CT molecular complexity index is 922. The molecule has 0 aliphatic carbocycles. The number of nitrogens with zero attached hydrogens (tertiary/aromatic N) is 7. The van der Waals surface area contributed by atoms with Crippen molar-refractivity contribution in [1.82, 2.24) is 34.9 Å². The summed E-state index contributed by atoms with van der Waals surface area (Å²) in [5.41, 5.74) is 4.63. The summed E-state index contributed by atoms with van der Waals surface area (Å²) in [7, 11) is 1.98. The molecule has 10 nitrogen and oxygen atoms in total. The predicted molar refractivity (Wildman–Crippen MR) is 99.1 cm³/mol. The molecule has 0 saturated carbocycles. The second-order valence-electron chi connectivity index (χ2n) is 6.26. The van der Waals surface area contributed by atoms with Gasteiger partial charge in [-0.25, -0.2) is 4.68 Å². The van der Waals surface area contributed by atoms with Gasteiger partial charge in [-0.3, -0.25) is 14.3 Å². The largest absolute Gasteiger partial charge is 0.483 e. The van der Waals surface area contributed by atoms with Gasteiger partial charge in [0.1, 0.15) is 12.9 Å². The number of benzene rings is 1. The monoisotopic (exact) mass is 383 g/mol. The molecular formula is C18H21N7O3. The van der Waals surface area contributed by atoms with Crippen LogP contribution in [0.25, 0.3) is 11.3 Å². The summed E-state index contributed by atoms with van der Waals surface area (Å²) >= 11 is 0. The Morgan fingerprint density at radius 1 is 1.21 bits per heavy atom. The lowest BCUT2D eigenvalue weighted by atomic mass is 10.0. The SMILES string of the molecule is Cn1nc2c(c1-c1ccccc1)CCN(C(=O)Cn1cnnn1)CC2.O=CO. The van der Waals surface area contributed by atoms with Gasteiger partial charge in [-0.15, -0.1) is 5.10 Å². The molecule has 0 bridgehead atoms. The van der Waals surface area contributed by atoms with Gasteiger partial charge in [0, 0.05) is 37.7 Å². The maximum atomic E-state index is 12.5. The van der Waals surface area contributed by atoms with Crippen molar-refractivity contribution < 1.29 is 14.7 Å². The summed E-state index contributed by atoms with van der Waals surface area (Å²) in [6.07, 6.45) is 3.02. The van der Waals surface area contributed by atoms with Crippen LogP contribution in [0.1, 0.15) is 11.3 Å². The Kier molecular flexibility index (Phi) is 6.10. The second kappa shape index (κ2) is 8.89. The third-order valence-corrected chi connectivity index (χ3v) is 4.57. The number of carbonyl (C=O) groups is 2. The first-order valence-corrected chi connectivity index (χ1v) is 8.80. The van der Waals surface area contributed by atoms with Crippen molar-refractivity contribution in [3.63, 3.8) is 0 Å². The number of tetrazole rings is 1.